The molecule has 0 atom stereocenters. The quantitative estimate of drug-likeness (QED) is 0.769. The van der Waals surface area contributed by atoms with Gasteiger partial charge in [0.15, 0.2) is 0 Å². The number of hydrogen-bond acceptors (Lipinski definition) is 1. The van der Waals surface area contributed by atoms with Crippen LogP contribution >= 0.6 is 0 Å². The summed E-state index contributed by atoms with van der Waals surface area (Å²) in [6.07, 6.45) is -4.85. The molecular weight excluding hydrogens is 207 g/mol. The Kier molecular flexibility index (Phi) is 3.02. The highest BCUT2D eigenvalue weighted by Crippen LogP contribution is 2.19. The predicted molar refractivity (Wildman–Crippen MR) is 50.6 cm³/mol. The zero-order valence-electron chi connectivity index (χ0n) is 8.27. The van der Waals surface area contributed by atoms with Crippen LogP contribution in [0.4, 0.5) is 18.9 Å². The molecule has 0 bridgehead atoms. The van der Waals surface area contributed by atoms with Gasteiger partial charge in [-0.05, 0) is 37.1 Å². The summed E-state index contributed by atoms with van der Waals surface area (Å²) in [5.74, 6) is -1.95. The molecule has 1 N–H and O–H groups in total. The Labute approximate surface area is 85.1 Å². The SMILES string of the molecule is Cc1cc(C)cc(NC(=O)C(F)(F)F)c1. The van der Waals surface area contributed by atoms with Crippen molar-refractivity contribution in [2.24, 2.45) is 0 Å². The molecule has 0 heterocycles. The number of carbonyl (C=O) groups is 1. The lowest BCUT2D eigenvalue weighted by molar-refractivity contribution is -0.167. The highest BCUT2D eigenvalue weighted by atomic mass is 19.4. The molecule has 0 saturated heterocycles. The topological polar surface area (TPSA) is 29.1 Å². The predicted octanol–water partition coefficient (Wildman–Crippen LogP) is 2.80. The van der Waals surface area contributed by atoms with Crippen LogP contribution in [0.2, 0.25) is 0 Å². The fourth-order valence-corrected chi connectivity index (χ4v) is 1.25. The summed E-state index contributed by atoms with van der Waals surface area (Å²) in [5.41, 5.74) is 1.76. The third-order valence-corrected chi connectivity index (χ3v) is 1.74. The van der Waals surface area contributed by atoms with Crippen molar-refractivity contribution in [3.8, 4) is 0 Å². The van der Waals surface area contributed by atoms with Crippen LogP contribution in [0.3, 0.4) is 0 Å². The average Bonchev–Trinajstić information content (AvgIpc) is 1.99. The van der Waals surface area contributed by atoms with Gasteiger partial charge in [-0.15, -0.1) is 0 Å². The van der Waals surface area contributed by atoms with Gasteiger partial charge in [0, 0.05) is 5.69 Å². The van der Waals surface area contributed by atoms with Crippen molar-refractivity contribution in [1.82, 2.24) is 0 Å². The maximum Gasteiger partial charge on any atom is 0.471 e. The van der Waals surface area contributed by atoms with Gasteiger partial charge >= 0.3 is 12.1 Å². The highest BCUT2D eigenvalue weighted by Gasteiger charge is 2.38. The number of amides is 1. The Morgan fingerprint density at radius 3 is 2.00 bits per heavy atom. The molecule has 0 aliphatic rings. The van der Waals surface area contributed by atoms with Crippen LogP contribution in [-0.4, -0.2) is 12.1 Å². The Balaban J connectivity index is 2.86. The number of carbonyl (C=O) groups excluding carboxylic acids is 1. The summed E-state index contributed by atoms with van der Waals surface area (Å²) in [4.78, 5) is 10.6. The monoisotopic (exact) mass is 217 g/mol. The minimum absolute atomic E-state index is 0.162. The Morgan fingerprint density at radius 1 is 1.13 bits per heavy atom. The number of halogens is 3. The molecule has 0 spiro atoms. The number of rotatable bonds is 1. The molecule has 0 aromatic heterocycles. The van der Waals surface area contributed by atoms with E-state index in [9.17, 15) is 18.0 Å². The molecule has 82 valence electrons. The van der Waals surface area contributed by atoms with Crippen molar-refractivity contribution < 1.29 is 18.0 Å². The number of anilines is 1. The van der Waals surface area contributed by atoms with E-state index in [0.717, 1.165) is 11.1 Å². The van der Waals surface area contributed by atoms with E-state index in [4.69, 9.17) is 0 Å². The van der Waals surface area contributed by atoms with Gasteiger partial charge in [-0.2, -0.15) is 13.2 Å². The summed E-state index contributed by atoms with van der Waals surface area (Å²) >= 11 is 0. The molecule has 1 amide bonds. The van der Waals surface area contributed by atoms with Gasteiger partial charge in [0.2, 0.25) is 0 Å². The molecule has 0 radical (unpaired) electrons. The Bertz CT molecular complexity index is 364. The summed E-state index contributed by atoms with van der Waals surface area (Å²) in [7, 11) is 0. The van der Waals surface area contributed by atoms with Crippen LogP contribution in [0.15, 0.2) is 18.2 Å². The van der Waals surface area contributed by atoms with Gasteiger partial charge in [0.25, 0.3) is 0 Å². The molecule has 0 aliphatic carbocycles. The minimum Gasteiger partial charge on any atom is -0.318 e. The normalized spacial score (nSPS) is 11.3. The van der Waals surface area contributed by atoms with E-state index in [1.54, 1.807) is 19.2 Å². The molecular formula is C10H10F3NO. The summed E-state index contributed by atoms with van der Waals surface area (Å²) in [6.45, 7) is 3.49. The van der Waals surface area contributed by atoms with Gasteiger partial charge < -0.3 is 5.32 Å². The van der Waals surface area contributed by atoms with Crippen molar-refractivity contribution in [1.29, 1.82) is 0 Å². The number of aryl methyl sites for hydroxylation is 2. The van der Waals surface area contributed by atoms with Crippen LogP contribution in [0, 0.1) is 13.8 Å². The maximum atomic E-state index is 11.9. The number of nitrogens with one attached hydrogen (secondary N) is 1. The van der Waals surface area contributed by atoms with Crippen molar-refractivity contribution in [2.75, 3.05) is 5.32 Å². The number of alkyl halides is 3. The summed E-state index contributed by atoms with van der Waals surface area (Å²) in [6, 6.07) is 4.77. The molecule has 0 saturated carbocycles. The molecule has 0 aliphatic heterocycles. The maximum absolute atomic E-state index is 11.9. The molecule has 0 fully saturated rings. The third-order valence-electron chi connectivity index (χ3n) is 1.74. The molecule has 5 heteroatoms. The second kappa shape index (κ2) is 3.92. The fourth-order valence-electron chi connectivity index (χ4n) is 1.25. The minimum atomic E-state index is -4.85. The van der Waals surface area contributed by atoms with E-state index in [1.165, 1.54) is 12.1 Å². The zero-order valence-corrected chi connectivity index (χ0v) is 8.27. The van der Waals surface area contributed by atoms with Crippen molar-refractivity contribution in [3.05, 3.63) is 29.3 Å². The number of benzene rings is 1. The first kappa shape index (κ1) is 11.6. The standard InChI is InChI=1S/C10H10F3NO/c1-6-3-7(2)5-8(4-6)14-9(15)10(11,12)13/h3-5H,1-2H3,(H,14,15). The molecule has 1 rings (SSSR count). The van der Waals surface area contributed by atoms with Crippen molar-refractivity contribution >= 4 is 11.6 Å². The second-order valence-corrected chi connectivity index (χ2v) is 3.33. The van der Waals surface area contributed by atoms with Gasteiger partial charge in [0.1, 0.15) is 0 Å². The first-order valence-corrected chi connectivity index (χ1v) is 4.25. The average molecular weight is 217 g/mol. The van der Waals surface area contributed by atoms with E-state index in [1.807, 2.05) is 6.07 Å². The Hall–Kier alpha value is -1.52. The van der Waals surface area contributed by atoms with Gasteiger partial charge in [-0.25, -0.2) is 0 Å². The molecule has 1 aromatic rings. The van der Waals surface area contributed by atoms with Crippen LogP contribution in [-0.2, 0) is 4.79 Å². The van der Waals surface area contributed by atoms with Crippen molar-refractivity contribution in [2.45, 2.75) is 20.0 Å². The lowest BCUT2D eigenvalue weighted by atomic mass is 10.1. The largest absolute Gasteiger partial charge is 0.471 e. The lowest BCUT2D eigenvalue weighted by Gasteiger charge is -2.09. The van der Waals surface area contributed by atoms with Gasteiger partial charge in [-0.1, -0.05) is 6.07 Å². The van der Waals surface area contributed by atoms with E-state index in [-0.39, 0.29) is 5.69 Å². The lowest BCUT2D eigenvalue weighted by Crippen LogP contribution is -2.29. The van der Waals surface area contributed by atoms with E-state index in [2.05, 4.69) is 0 Å². The zero-order chi connectivity index (χ0) is 11.6. The van der Waals surface area contributed by atoms with E-state index >= 15 is 0 Å². The summed E-state index contributed by atoms with van der Waals surface area (Å²) in [5, 5.41) is 1.80. The molecule has 2 nitrogen and oxygen atoms in total. The highest BCUT2D eigenvalue weighted by molar-refractivity contribution is 5.95. The van der Waals surface area contributed by atoms with Crippen LogP contribution in [0.25, 0.3) is 0 Å². The molecule has 0 unspecified atom stereocenters. The first-order valence-electron chi connectivity index (χ1n) is 4.25. The van der Waals surface area contributed by atoms with Gasteiger partial charge in [0.05, 0.1) is 0 Å². The van der Waals surface area contributed by atoms with E-state index in [0.29, 0.717) is 0 Å². The third kappa shape index (κ3) is 3.27. The van der Waals surface area contributed by atoms with Crippen LogP contribution in [0.1, 0.15) is 11.1 Å². The Morgan fingerprint density at radius 2 is 1.60 bits per heavy atom. The summed E-state index contributed by atoms with van der Waals surface area (Å²) < 4.78 is 35.8. The van der Waals surface area contributed by atoms with Crippen molar-refractivity contribution in [3.63, 3.8) is 0 Å². The number of hydrogen-bond donors (Lipinski definition) is 1. The fraction of sp³-hybridized carbons (Fsp3) is 0.300. The van der Waals surface area contributed by atoms with E-state index < -0.39 is 12.1 Å². The smallest absolute Gasteiger partial charge is 0.318 e. The van der Waals surface area contributed by atoms with Gasteiger partial charge in [-0.3, -0.25) is 4.79 Å². The second-order valence-electron chi connectivity index (χ2n) is 3.33. The first-order chi connectivity index (χ1) is 6.79. The van der Waals surface area contributed by atoms with Crippen LogP contribution in [0.5, 0.6) is 0 Å². The molecule has 15 heavy (non-hydrogen) atoms. The van der Waals surface area contributed by atoms with Crippen LogP contribution < -0.4 is 5.32 Å². The molecule has 1 aromatic carbocycles.